The standard InChI is InChI=1S/C19H24N2OS/c1-15-7-8-18(23-15)14-21(19(22)17-9-11-20-13-17)12-10-16-5-3-2-4-6-16/h2-8,17,20H,9-14H2,1H3. The SMILES string of the molecule is Cc1ccc(CN(CCc2ccccc2)C(=O)C2CCNC2)s1. The normalized spacial score (nSPS) is 17.3. The van der Waals surface area contributed by atoms with Crippen LogP contribution in [0.1, 0.15) is 21.7 Å². The average molecular weight is 328 g/mol. The molecule has 2 aromatic rings. The minimum absolute atomic E-state index is 0.145. The van der Waals surface area contributed by atoms with Gasteiger partial charge < -0.3 is 10.2 Å². The van der Waals surface area contributed by atoms with E-state index in [1.165, 1.54) is 15.3 Å². The molecule has 1 N–H and O–H groups in total. The highest BCUT2D eigenvalue weighted by atomic mass is 32.1. The minimum Gasteiger partial charge on any atom is -0.337 e. The van der Waals surface area contributed by atoms with E-state index >= 15 is 0 Å². The number of rotatable bonds is 6. The second-order valence-corrected chi connectivity index (χ2v) is 7.57. The largest absolute Gasteiger partial charge is 0.337 e. The third-order valence-electron chi connectivity index (χ3n) is 4.38. The van der Waals surface area contributed by atoms with Crippen LogP contribution in [0.4, 0.5) is 0 Å². The van der Waals surface area contributed by atoms with Crippen LogP contribution in [-0.4, -0.2) is 30.4 Å². The Kier molecular flexibility index (Phi) is 5.47. The van der Waals surface area contributed by atoms with Gasteiger partial charge in [-0.25, -0.2) is 0 Å². The van der Waals surface area contributed by atoms with Crippen molar-refractivity contribution in [3.05, 3.63) is 57.8 Å². The van der Waals surface area contributed by atoms with E-state index in [4.69, 9.17) is 0 Å². The van der Waals surface area contributed by atoms with E-state index in [9.17, 15) is 4.79 Å². The maximum Gasteiger partial charge on any atom is 0.227 e. The summed E-state index contributed by atoms with van der Waals surface area (Å²) in [6, 6.07) is 14.7. The molecule has 3 rings (SSSR count). The van der Waals surface area contributed by atoms with Crippen molar-refractivity contribution >= 4 is 17.2 Å². The zero-order valence-electron chi connectivity index (χ0n) is 13.6. The van der Waals surface area contributed by atoms with E-state index in [1.807, 2.05) is 6.07 Å². The lowest BCUT2D eigenvalue weighted by atomic mass is 10.1. The summed E-state index contributed by atoms with van der Waals surface area (Å²) in [5.41, 5.74) is 1.29. The van der Waals surface area contributed by atoms with Gasteiger partial charge in [0.25, 0.3) is 0 Å². The quantitative estimate of drug-likeness (QED) is 0.883. The first-order chi connectivity index (χ1) is 11.2. The van der Waals surface area contributed by atoms with Crippen molar-refractivity contribution in [1.29, 1.82) is 0 Å². The van der Waals surface area contributed by atoms with Crippen LogP contribution in [0.3, 0.4) is 0 Å². The highest BCUT2D eigenvalue weighted by Gasteiger charge is 2.27. The lowest BCUT2D eigenvalue weighted by Gasteiger charge is -2.25. The molecule has 1 aromatic heterocycles. The molecule has 1 aliphatic heterocycles. The molecule has 1 amide bonds. The van der Waals surface area contributed by atoms with E-state index in [0.29, 0.717) is 5.91 Å². The Bertz CT molecular complexity index is 632. The highest BCUT2D eigenvalue weighted by molar-refractivity contribution is 7.11. The van der Waals surface area contributed by atoms with Crippen molar-refractivity contribution in [3.63, 3.8) is 0 Å². The molecule has 4 heteroatoms. The van der Waals surface area contributed by atoms with Crippen molar-refractivity contribution in [3.8, 4) is 0 Å². The minimum atomic E-state index is 0.145. The van der Waals surface area contributed by atoms with Crippen molar-refractivity contribution in [2.24, 2.45) is 5.92 Å². The number of benzene rings is 1. The van der Waals surface area contributed by atoms with Crippen LogP contribution in [0.2, 0.25) is 0 Å². The summed E-state index contributed by atoms with van der Waals surface area (Å²) in [5.74, 6) is 0.448. The Balaban J connectivity index is 1.68. The van der Waals surface area contributed by atoms with Crippen molar-refractivity contribution < 1.29 is 4.79 Å². The zero-order valence-corrected chi connectivity index (χ0v) is 14.4. The van der Waals surface area contributed by atoms with E-state index < -0.39 is 0 Å². The zero-order chi connectivity index (χ0) is 16.1. The lowest BCUT2D eigenvalue weighted by Crippen LogP contribution is -2.37. The van der Waals surface area contributed by atoms with Gasteiger partial charge in [-0.1, -0.05) is 30.3 Å². The van der Waals surface area contributed by atoms with Crippen LogP contribution in [-0.2, 0) is 17.8 Å². The second kappa shape index (κ2) is 7.75. The van der Waals surface area contributed by atoms with Crippen LogP contribution in [0.15, 0.2) is 42.5 Å². The number of thiophene rings is 1. The number of hydrogen-bond acceptors (Lipinski definition) is 3. The molecule has 23 heavy (non-hydrogen) atoms. The summed E-state index contributed by atoms with van der Waals surface area (Å²) in [5, 5.41) is 3.30. The monoisotopic (exact) mass is 328 g/mol. The molecule has 0 radical (unpaired) electrons. The van der Waals surface area contributed by atoms with E-state index in [0.717, 1.165) is 39.0 Å². The number of carbonyl (C=O) groups excluding carboxylic acids is 1. The fourth-order valence-electron chi connectivity index (χ4n) is 3.06. The summed E-state index contributed by atoms with van der Waals surface area (Å²) in [6.45, 7) is 5.42. The van der Waals surface area contributed by atoms with Gasteiger partial charge in [0.2, 0.25) is 5.91 Å². The Morgan fingerprint density at radius 1 is 1.26 bits per heavy atom. The van der Waals surface area contributed by atoms with E-state index in [-0.39, 0.29) is 5.92 Å². The van der Waals surface area contributed by atoms with Gasteiger partial charge in [0.1, 0.15) is 0 Å². The maximum absolute atomic E-state index is 12.9. The van der Waals surface area contributed by atoms with Gasteiger partial charge in [0.15, 0.2) is 0 Å². The topological polar surface area (TPSA) is 32.3 Å². The molecule has 1 atom stereocenters. The summed E-state index contributed by atoms with van der Waals surface area (Å²) < 4.78 is 0. The lowest BCUT2D eigenvalue weighted by molar-refractivity contribution is -0.135. The van der Waals surface area contributed by atoms with Crippen LogP contribution >= 0.6 is 11.3 Å². The fourth-order valence-corrected chi connectivity index (χ4v) is 3.96. The third-order valence-corrected chi connectivity index (χ3v) is 5.36. The summed E-state index contributed by atoms with van der Waals surface area (Å²) in [6.07, 6.45) is 1.88. The Hall–Kier alpha value is -1.65. The third kappa shape index (κ3) is 4.43. The number of nitrogens with zero attached hydrogens (tertiary/aromatic N) is 1. The molecule has 0 aliphatic carbocycles. The number of hydrogen-bond donors (Lipinski definition) is 1. The first-order valence-corrected chi connectivity index (χ1v) is 9.13. The van der Waals surface area contributed by atoms with Gasteiger partial charge >= 0.3 is 0 Å². The first-order valence-electron chi connectivity index (χ1n) is 8.31. The number of aryl methyl sites for hydroxylation is 1. The second-order valence-electron chi connectivity index (χ2n) is 6.20. The van der Waals surface area contributed by atoms with E-state index in [2.05, 4.69) is 53.5 Å². The smallest absolute Gasteiger partial charge is 0.227 e. The first kappa shape index (κ1) is 16.2. The summed E-state index contributed by atoms with van der Waals surface area (Å²) >= 11 is 1.79. The maximum atomic E-state index is 12.9. The number of carbonyl (C=O) groups is 1. The number of amides is 1. The average Bonchev–Trinajstić information content (AvgIpc) is 3.23. The molecule has 0 saturated carbocycles. The molecule has 1 aliphatic rings. The molecule has 122 valence electrons. The Morgan fingerprint density at radius 3 is 2.74 bits per heavy atom. The van der Waals surface area contributed by atoms with Crippen LogP contribution in [0, 0.1) is 12.8 Å². The van der Waals surface area contributed by atoms with Crippen molar-refractivity contribution in [2.45, 2.75) is 26.3 Å². The number of nitrogens with one attached hydrogen (secondary N) is 1. The van der Waals surface area contributed by atoms with Crippen LogP contribution in [0.5, 0.6) is 0 Å². The van der Waals surface area contributed by atoms with Gasteiger partial charge in [-0.15, -0.1) is 11.3 Å². The Morgan fingerprint density at radius 2 is 2.09 bits per heavy atom. The molecule has 1 saturated heterocycles. The predicted octanol–water partition coefficient (Wildman–Crippen LogP) is 3.24. The van der Waals surface area contributed by atoms with Gasteiger partial charge in [-0.3, -0.25) is 4.79 Å². The molecule has 1 unspecified atom stereocenters. The van der Waals surface area contributed by atoms with Gasteiger partial charge in [-0.05, 0) is 44.0 Å². The summed E-state index contributed by atoms with van der Waals surface area (Å²) in [7, 11) is 0. The molecule has 0 spiro atoms. The van der Waals surface area contributed by atoms with Crippen molar-refractivity contribution in [2.75, 3.05) is 19.6 Å². The summed E-state index contributed by atoms with van der Waals surface area (Å²) in [4.78, 5) is 17.5. The van der Waals surface area contributed by atoms with Gasteiger partial charge in [0.05, 0.1) is 12.5 Å². The molecular weight excluding hydrogens is 304 g/mol. The highest BCUT2D eigenvalue weighted by Crippen LogP contribution is 2.20. The van der Waals surface area contributed by atoms with Crippen molar-refractivity contribution in [1.82, 2.24) is 10.2 Å². The fraction of sp³-hybridized carbons (Fsp3) is 0.421. The molecular formula is C19H24N2OS. The molecule has 1 fully saturated rings. The molecule has 3 nitrogen and oxygen atoms in total. The molecule has 1 aromatic carbocycles. The van der Waals surface area contributed by atoms with Crippen LogP contribution in [0.25, 0.3) is 0 Å². The van der Waals surface area contributed by atoms with Gasteiger partial charge in [-0.2, -0.15) is 0 Å². The predicted molar refractivity (Wildman–Crippen MR) is 95.6 cm³/mol. The van der Waals surface area contributed by atoms with Gasteiger partial charge in [0, 0.05) is 22.8 Å². The molecule has 2 heterocycles. The Labute approximate surface area is 142 Å². The van der Waals surface area contributed by atoms with Crippen LogP contribution < -0.4 is 5.32 Å². The van der Waals surface area contributed by atoms with E-state index in [1.54, 1.807) is 11.3 Å². The molecule has 0 bridgehead atoms.